The lowest BCUT2D eigenvalue weighted by atomic mass is 9.99. The van der Waals surface area contributed by atoms with Gasteiger partial charge in [-0.2, -0.15) is 5.26 Å². The van der Waals surface area contributed by atoms with Crippen LogP contribution in [0.5, 0.6) is 0 Å². The molecule has 2 aliphatic rings. The Bertz CT molecular complexity index is 1020. The first-order valence-corrected chi connectivity index (χ1v) is 12.3. The fourth-order valence-corrected chi connectivity index (χ4v) is 4.46. The van der Waals surface area contributed by atoms with Crippen molar-refractivity contribution in [1.29, 1.82) is 5.26 Å². The number of ether oxygens (including phenoxy) is 1. The summed E-state index contributed by atoms with van der Waals surface area (Å²) in [6.07, 6.45) is 0.292. The fourth-order valence-electron chi connectivity index (χ4n) is 4.46. The maximum Gasteiger partial charge on any atom is 0.251 e. The first-order valence-electron chi connectivity index (χ1n) is 12.3. The third-order valence-corrected chi connectivity index (χ3v) is 6.68. The highest BCUT2D eigenvalue weighted by molar-refractivity contribution is 5.81. The average Bonchev–Trinajstić information content (AvgIpc) is 3.16. The number of nitrogens with one attached hydrogen (secondary N) is 2. The van der Waals surface area contributed by atoms with Crippen LogP contribution in [0.4, 0.5) is 4.39 Å². The van der Waals surface area contributed by atoms with Crippen LogP contribution in [-0.2, 0) is 22.5 Å². The van der Waals surface area contributed by atoms with Crippen LogP contribution in [0.25, 0.3) is 11.1 Å². The molecule has 0 spiro atoms. The summed E-state index contributed by atoms with van der Waals surface area (Å²) in [6, 6.07) is 14.6. The van der Waals surface area contributed by atoms with Gasteiger partial charge in [-0.15, -0.1) is 0 Å². The fraction of sp³-hybridized carbons (Fsp3) is 0.481. The van der Waals surface area contributed by atoms with Crippen molar-refractivity contribution in [1.82, 2.24) is 20.4 Å². The second kappa shape index (κ2) is 12.2. The van der Waals surface area contributed by atoms with E-state index in [0.717, 1.165) is 56.8 Å². The van der Waals surface area contributed by atoms with Gasteiger partial charge in [0, 0.05) is 52.3 Å². The van der Waals surface area contributed by atoms with Crippen molar-refractivity contribution in [3.63, 3.8) is 0 Å². The molecular weight excluding hydrogens is 445 g/mol. The minimum Gasteiger partial charge on any atom is -0.367 e. The summed E-state index contributed by atoms with van der Waals surface area (Å²) >= 11 is 0. The number of hydrogen-bond donors (Lipinski definition) is 2. The molecule has 1 amide bonds. The summed E-state index contributed by atoms with van der Waals surface area (Å²) in [5, 5.41) is 15.4. The molecule has 2 atom stereocenters. The maximum atomic E-state index is 14.9. The van der Waals surface area contributed by atoms with Crippen LogP contribution < -0.4 is 10.6 Å². The molecular formula is C27H34FN5O2. The molecule has 0 aromatic heterocycles. The quantitative estimate of drug-likeness (QED) is 0.634. The summed E-state index contributed by atoms with van der Waals surface area (Å²) in [5.41, 5.74) is 3.37. The van der Waals surface area contributed by atoms with E-state index in [1.54, 1.807) is 6.07 Å². The Morgan fingerprint density at radius 3 is 2.66 bits per heavy atom. The van der Waals surface area contributed by atoms with Crippen molar-refractivity contribution in [2.24, 2.45) is 0 Å². The molecule has 2 aliphatic heterocycles. The molecule has 2 fully saturated rings. The normalized spacial score (nSPS) is 20.5. The van der Waals surface area contributed by atoms with Crippen LogP contribution in [0.15, 0.2) is 42.5 Å². The molecule has 0 aliphatic carbocycles. The molecule has 2 N–H and O–H groups in total. The van der Waals surface area contributed by atoms with E-state index in [9.17, 15) is 14.4 Å². The summed E-state index contributed by atoms with van der Waals surface area (Å²) in [7, 11) is 2.15. The van der Waals surface area contributed by atoms with E-state index in [1.165, 1.54) is 11.6 Å². The Hall–Kier alpha value is -2.83. The highest BCUT2D eigenvalue weighted by Crippen LogP contribution is 2.24. The van der Waals surface area contributed by atoms with Crippen molar-refractivity contribution in [3.8, 4) is 17.2 Å². The zero-order valence-corrected chi connectivity index (χ0v) is 20.3. The minimum absolute atomic E-state index is 0.0957. The van der Waals surface area contributed by atoms with E-state index in [0.29, 0.717) is 18.7 Å². The molecule has 2 saturated heterocycles. The van der Waals surface area contributed by atoms with Gasteiger partial charge in [0.05, 0.1) is 6.07 Å². The van der Waals surface area contributed by atoms with Crippen molar-refractivity contribution >= 4 is 5.91 Å². The average molecular weight is 480 g/mol. The number of nitrogens with zero attached hydrogens (tertiary/aromatic N) is 3. The van der Waals surface area contributed by atoms with Crippen LogP contribution in [0.3, 0.4) is 0 Å². The van der Waals surface area contributed by atoms with E-state index in [-0.39, 0.29) is 18.1 Å². The first-order chi connectivity index (χ1) is 17.0. The van der Waals surface area contributed by atoms with Crippen molar-refractivity contribution in [3.05, 3.63) is 59.4 Å². The van der Waals surface area contributed by atoms with E-state index in [4.69, 9.17) is 4.74 Å². The molecule has 2 heterocycles. The first kappa shape index (κ1) is 25.3. The van der Waals surface area contributed by atoms with Gasteiger partial charge in [0.15, 0.2) is 0 Å². The highest BCUT2D eigenvalue weighted by atomic mass is 19.1. The lowest BCUT2D eigenvalue weighted by Gasteiger charge is -2.32. The van der Waals surface area contributed by atoms with Gasteiger partial charge < -0.3 is 20.3 Å². The van der Waals surface area contributed by atoms with Gasteiger partial charge in [-0.05, 0) is 48.3 Å². The highest BCUT2D eigenvalue weighted by Gasteiger charge is 2.24. The van der Waals surface area contributed by atoms with Crippen molar-refractivity contribution in [2.75, 3.05) is 52.9 Å². The number of carbonyl (C=O) groups is 1. The van der Waals surface area contributed by atoms with E-state index >= 15 is 0 Å². The standard InChI is InChI=1S/C27H34FN5O2/c1-32-10-12-33(13-11-32)19-20-3-5-21(6-4-20)22-7-8-23(25(28)16-22)15-24(17-29)31-27(34)26-18-30-9-2-14-35-26/h3-8,16,24,26,30H,2,9-15,18-19H2,1H3,(H,31,34)/t24-,26-/m0/s1. The van der Waals surface area contributed by atoms with Crippen LogP contribution in [0.2, 0.25) is 0 Å². The number of rotatable bonds is 7. The molecule has 0 bridgehead atoms. The summed E-state index contributed by atoms with van der Waals surface area (Å²) in [5.74, 6) is -0.731. The Balaban J connectivity index is 1.35. The SMILES string of the molecule is CN1CCN(Cc2ccc(-c3ccc(C[C@@H](C#N)NC(=O)[C@@H]4CNCCCO4)c(F)c3)cc2)CC1. The largest absolute Gasteiger partial charge is 0.367 e. The predicted octanol–water partition coefficient (Wildman–Crippen LogP) is 2.17. The Labute approximate surface area is 206 Å². The maximum absolute atomic E-state index is 14.9. The summed E-state index contributed by atoms with van der Waals surface area (Å²) in [6.45, 7) is 6.93. The second-order valence-corrected chi connectivity index (χ2v) is 9.39. The minimum atomic E-state index is -0.830. The zero-order chi connectivity index (χ0) is 24.6. The van der Waals surface area contributed by atoms with Gasteiger partial charge in [-0.3, -0.25) is 9.69 Å². The van der Waals surface area contributed by atoms with Gasteiger partial charge in [-0.25, -0.2) is 4.39 Å². The number of piperazine rings is 1. The number of benzene rings is 2. The van der Waals surface area contributed by atoms with E-state index in [2.05, 4.69) is 45.7 Å². The smallest absolute Gasteiger partial charge is 0.251 e. The molecule has 0 unspecified atom stereocenters. The Morgan fingerprint density at radius 2 is 1.94 bits per heavy atom. The lowest BCUT2D eigenvalue weighted by Crippen LogP contribution is -2.46. The number of carbonyl (C=O) groups excluding carboxylic acids is 1. The Kier molecular flexibility index (Phi) is 8.83. The van der Waals surface area contributed by atoms with Gasteiger partial charge in [0.1, 0.15) is 18.0 Å². The molecule has 0 radical (unpaired) electrons. The van der Waals surface area contributed by atoms with Gasteiger partial charge in [-0.1, -0.05) is 36.4 Å². The predicted molar refractivity (Wildman–Crippen MR) is 133 cm³/mol. The number of halogens is 1. The van der Waals surface area contributed by atoms with Crippen molar-refractivity contribution < 1.29 is 13.9 Å². The van der Waals surface area contributed by atoms with Crippen LogP contribution >= 0.6 is 0 Å². The number of nitriles is 1. The number of amides is 1. The molecule has 186 valence electrons. The van der Waals surface area contributed by atoms with Gasteiger partial charge in [0.2, 0.25) is 0 Å². The van der Waals surface area contributed by atoms with Crippen molar-refractivity contribution in [2.45, 2.75) is 31.5 Å². The van der Waals surface area contributed by atoms with Crippen LogP contribution in [0.1, 0.15) is 17.5 Å². The van der Waals surface area contributed by atoms with E-state index in [1.807, 2.05) is 18.2 Å². The van der Waals surface area contributed by atoms with E-state index < -0.39 is 12.1 Å². The molecule has 4 rings (SSSR count). The zero-order valence-electron chi connectivity index (χ0n) is 20.3. The Morgan fingerprint density at radius 1 is 1.20 bits per heavy atom. The van der Waals surface area contributed by atoms with Gasteiger partial charge >= 0.3 is 0 Å². The summed E-state index contributed by atoms with van der Waals surface area (Å²) in [4.78, 5) is 17.3. The number of likely N-dealkylation sites (N-methyl/N-ethyl adjacent to an activating group) is 1. The lowest BCUT2D eigenvalue weighted by molar-refractivity contribution is -0.132. The third-order valence-electron chi connectivity index (χ3n) is 6.68. The third kappa shape index (κ3) is 7.09. The molecule has 2 aromatic carbocycles. The number of hydrogen-bond acceptors (Lipinski definition) is 6. The topological polar surface area (TPSA) is 80.6 Å². The molecule has 2 aromatic rings. The van der Waals surface area contributed by atoms with Gasteiger partial charge in [0.25, 0.3) is 5.91 Å². The van der Waals surface area contributed by atoms with Crippen LogP contribution in [-0.4, -0.2) is 80.8 Å². The molecule has 8 heteroatoms. The summed E-state index contributed by atoms with van der Waals surface area (Å²) < 4.78 is 20.5. The molecule has 0 saturated carbocycles. The second-order valence-electron chi connectivity index (χ2n) is 9.39. The monoisotopic (exact) mass is 479 g/mol. The molecule has 7 nitrogen and oxygen atoms in total. The molecule has 35 heavy (non-hydrogen) atoms. The van der Waals surface area contributed by atoms with Crippen LogP contribution in [0, 0.1) is 17.1 Å².